The molecule has 0 aliphatic heterocycles. The molecule has 0 heterocycles. The molecule has 2 aromatic carbocycles. The van der Waals surface area contributed by atoms with E-state index in [4.69, 9.17) is 20.9 Å². The molecule has 21 heavy (non-hydrogen) atoms. The standard InChI is InChI=1S/C17H22N2O2/c1-13(21-17-10-6-15(19)7-11-17)3-2-12-20-16-8-4-14(18)5-9-16/h4-11,13H,2-3,12,18-19H2,1H3. The number of nitrogens with two attached hydrogens (primary N) is 2. The SMILES string of the molecule is CC(CCCOc1ccc(N)cc1)Oc1ccc(N)cc1. The van der Waals surface area contributed by atoms with Crippen LogP contribution in [-0.4, -0.2) is 12.7 Å². The Bertz CT molecular complexity index is 538. The molecule has 0 amide bonds. The van der Waals surface area contributed by atoms with Crippen LogP contribution in [0.2, 0.25) is 0 Å². The molecule has 0 saturated carbocycles. The largest absolute Gasteiger partial charge is 0.494 e. The molecule has 0 spiro atoms. The summed E-state index contributed by atoms with van der Waals surface area (Å²) in [4.78, 5) is 0. The zero-order valence-electron chi connectivity index (χ0n) is 12.3. The third-order valence-electron chi connectivity index (χ3n) is 3.12. The molecule has 0 radical (unpaired) electrons. The third kappa shape index (κ3) is 5.26. The molecule has 4 N–H and O–H groups in total. The average molecular weight is 286 g/mol. The molecular formula is C17H22N2O2. The molecule has 0 bridgehead atoms. The lowest BCUT2D eigenvalue weighted by Gasteiger charge is -2.15. The summed E-state index contributed by atoms with van der Waals surface area (Å²) in [5, 5.41) is 0. The highest BCUT2D eigenvalue weighted by molar-refractivity contribution is 5.42. The van der Waals surface area contributed by atoms with Gasteiger partial charge in [-0.15, -0.1) is 0 Å². The van der Waals surface area contributed by atoms with E-state index in [0.29, 0.717) is 6.61 Å². The maximum Gasteiger partial charge on any atom is 0.119 e. The first-order valence-electron chi connectivity index (χ1n) is 7.14. The van der Waals surface area contributed by atoms with Crippen molar-refractivity contribution in [2.45, 2.75) is 25.9 Å². The minimum absolute atomic E-state index is 0.142. The van der Waals surface area contributed by atoms with Crippen LogP contribution in [0.3, 0.4) is 0 Å². The van der Waals surface area contributed by atoms with E-state index < -0.39 is 0 Å². The van der Waals surface area contributed by atoms with Gasteiger partial charge in [0.25, 0.3) is 0 Å². The van der Waals surface area contributed by atoms with Crippen LogP contribution in [0.15, 0.2) is 48.5 Å². The fraction of sp³-hybridized carbons (Fsp3) is 0.294. The van der Waals surface area contributed by atoms with E-state index in [1.165, 1.54) is 0 Å². The van der Waals surface area contributed by atoms with Crippen LogP contribution >= 0.6 is 0 Å². The molecule has 0 saturated heterocycles. The lowest BCUT2D eigenvalue weighted by molar-refractivity contribution is 0.193. The van der Waals surface area contributed by atoms with Gasteiger partial charge in [-0.25, -0.2) is 0 Å². The van der Waals surface area contributed by atoms with E-state index >= 15 is 0 Å². The van der Waals surface area contributed by atoms with Crippen molar-refractivity contribution in [1.29, 1.82) is 0 Å². The van der Waals surface area contributed by atoms with Crippen molar-refractivity contribution in [3.63, 3.8) is 0 Å². The Morgan fingerprint density at radius 1 is 0.857 bits per heavy atom. The summed E-state index contributed by atoms with van der Waals surface area (Å²) in [5.74, 6) is 1.69. The lowest BCUT2D eigenvalue weighted by atomic mass is 10.2. The van der Waals surface area contributed by atoms with Crippen molar-refractivity contribution in [1.82, 2.24) is 0 Å². The van der Waals surface area contributed by atoms with Crippen LogP contribution in [0.25, 0.3) is 0 Å². The number of nitrogen functional groups attached to an aromatic ring is 2. The Morgan fingerprint density at radius 2 is 1.38 bits per heavy atom. The van der Waals surface area contributed by atoms with Gasteiger partial charge in [-0.05, 0) is 68.3 Å². The summed E-state index contributed by atoms with van der Waals surface area (Å²) in [6.45, 7) is 2.72. The van der Waals surface area contributed by atoms with Gasteiger partial charge in [0.05, 0.1) is 12.7 Å². The van der Waals surface area contributed by atoms with E-state index in [9.17, 15) is 0 Å². The smallest absolute Gasteiger partial charge is 0.119 e. The molecule has 2 aromatic rings. The fourth-order valence-corrected chi connectivity index (χ4v) is 1.96. The van der Waals surface area contributed by atoms with Crippen molar-refractivity contribution in [3.8, 4) is 11.5 Å². The lowest BCUT2D eigenvalue weighted by Crippen LogP contribution is -2.13. The van der Waals surface area contributed by atoms with Crippen molar-refractivity contribution in [2.24, 2.45) is 0 Å². The summed E-state index contributed by atoms with van der Waals surface area (Å²) in [5.41, 5.74) is 12.8. The summed E-state index contributed by atoms with van der Waals surface area (Å²) in [7, 11) is 0. The first-order chi connectivity index (χ1) is 10.1. The van der Waals surface area contributed by atoms with E-state index in [1.807, 2.05) is 48.5 Å². The predicted molar refractivity (Wildman–Crippen MR) is 86.5 cm³/mol. The Morgan fingerprint density at radius 3 is 1.95 bits per heavy atom. The monoisotopic (exact) mass is 286 g/mol. The van der Waals surface area contributed by atoms with Gasteiger partial charge in [-0.3, -0.25) is 0 Å². The van der Waals surface area contributed by atoms with Gasteiger partial charge in [-0.2, -0.15) is 0 Å². The number of hydrogen-bond acceptors (Lipinski definition) is 4. The minimum atomic E-state index is 0.142. The maximum atomic E-state index is 5.81. The highest BCUT2D eigenvalue weighted by atomic mass is 16.5. The van der Waals surface area contributed by atoms with Crippen LogP contribution in [0.4, 0.5) is 11.4 Å². The Hall–Kier alpha value is -2.36. The van der Waals surface area contributed by atoms with Crippen molar-refractivity contribution in [2.75, 3.05) is 18.1 Å². The Labute approximate surface area is 125 Å². The van der Waals surface area contributed by atoms with Gasteiger partial charge in [0.1, 0.15) is 11.5 Å². The predicted octanol–water partition coefficient (Wildman–Crippen LogP) is 3.48. The van der Waals surface area contributed by atoms with E-state index in [-0.39, 0.29) is 6.10 Å². The second kappa shape index (κ2) is 7.43. The summed E-state index contributed by atoms with van der Waals surface area (Å²) in [6, 6.07) is 14.9. The quantitative estimate of drug-likeness (QED) is 0.604. The second-order valence-corrected chi connectivity index (χ2v) is 5.06. The Balaban J connectivity index is 1.66. The molecule has 4 heteroatoms. The minimum Gasteiger partial charge on any atom is -0.494 e. The van der Waals surface area contributed by atoms with Gasteiger partial charge in [0.2, 0.25) is 0 Å². The second-order valence-electron chi connectivity index (χ2n) is 5.06. The van der Waals surface area contributed by atoms with E-state index in [0.717, 1.165) is 35.7 Å². The Kier molecular flexibility index (Phi) is 5.32. The van der Waals surface area contributed by atoms with Gasteiger partial charge >= 0.3 is 0 Å². The highest BCUT2D eigenvalue weighted by Crippen LogP contribution is 2.17. The molecule has 1 atom stereocenters. The molecule has 112 valence electrons. The van der Waals surface area contributed by atoms with E-state index in [2.05, 4.69) is 6.92 Å². The van der Waals surface area contributed by atoms with Crippen LogP contribution in [0.1, 0.15) is 19.8 Å². The first kappa shape index (κ1) is 15.0. The average Bonchev–Trinajstić information content (AvgIpc) is 2.48. The first-order valence-corrected chi connectivity index (χ1v) is 7.14. The number of ether oxygens (including phenoxy) is 2. The molecule has 4 nitrogen and oxygen atoms in total. The van der Waals surface area contributed by atoms with Gasteiger partial charge < -0.3 is 20.9 Å². The fourth-order valence-electron chi connectivity index (χ4n) is 1.96. The number of anilines is 2. The molecular weight excluding hydrogens is 264 g/mol. The molecule has 2 rings (SSSR count). The van der Waals surface area contributed by atoms with E-state index in [1.54, 1.807) is 0 Å². The van der Waals surface area contributed by atoms with Gasteiger partial charge in [0.15, 0.2) is 0 Å². The zero-order valence-corrected chi connectivity index (χ0v) is 12.3. The molecule has 0 aliphatic carbocycles. The van der Waals surface area contributed by atoms with Gasteiger partial charge in [-0.1, -0.05) is 0 Å². The van der Waals surface area contributed by atoms with Crippen LogP contribution in [0, 0.1) is 0 Å². The third-order valence-corrected chi connectivity index (χ3v) is 3.12. The van der Waals surface area contributed by atoms with Crippen molar-refractivity contribution in [3.05, 3.63) is 48.5 Å². The molecule has 0 aliphatic rings. The normalized spacial score (nSPS) is 11.9. The summed E-state index contributed by atoms with van der Waals surface area (Å²) < 4.78 is 11.5. The van der Waals surface area contributed by atoms with Crippen LogP contribution in [0.5, 0.6) is 11.5 Å². The van der Waals surface area contributed by atoms with Gasteiger partial charge in [0, 0.05) is 11.4 Å². The summed E-state index contributed by atoms with van der Waals surface area (Å²) in [6.07, 6.45) is 2.00. The topological polar surface area (TPSA) is 70.5 Å². The molecule has 0 aromatic heterocycles. The van der Waals surface area contributed by atoms with Crippen molar-refractivity contribution >= 4 is 11.4 Å². The van der Waals surface area contributed by atoms with Crippen LogP contribution in [-0.2, 0) is 0 Å². The zero-order chi connectivity index (χ0) is 15.1. The molecule has 1 unspecified atom stereocenters. The number of benzene rings is 2. The number of rotatable bonds is 7. The maximum absolute atomic E-state index is 5.81. The van der Waals surface area contributed by atoms with Crippen molar-refractivity contribution < 1.29 is 9.47 Å². The highest BCUT2D eigenvalue weighted by Gasteiger charge is 2.04. The summed E-state index contributed by atoms with van der Waals surface area (Å²) >= 11 is 0. The number of hydrogen-bond donors (Lipinski definition) is 2. The molecule has 0 fully saturated rings. The van der Waals surface area contributed by atoms with Crippen LogP contribution < -0.4 is 20.9 Å².